The summed E-state index contributed by atoms with van der Waals surface area (Å²) in [6.45, 7) is 1.71. The molecule has 0 bridgehead atoms. The molecule has 2 aliphatic heterocycles. The number of hydrogen-bond acceptors (Lipinski definition) is 7. The maximum Gasteiger partial charge on any atom is 0.324 e. The van der Waals surface area contributed by atoms with Gasteiger partial charge in [-0.3, -0.25) is 14.9 Å². The number of urea groups is 1. The zero-order chi connectivity index (χ0) is 18.5. The number of ether oxygens (including phenoxy) is 2. The van der Waals surface area contributed by atoms with E-state index in [4.69, 9.17) is 9.47 Å². The van der Waals surface area contributed by atoms with Crippen LogP contribution >= 0.6 is 0 Å². The van der Waals surface area contributed by atoms with Gasteiger partial charge in [-0.25, -0.2) is 4.79 Å². The topological polar surface area (TPSA) is 114 Å². The van der Waals surface area contributed by atoms with E-state index in [1.54, 1.807) is 17.0 Å². The number of likely N-dealkylation sites (tertiary alicyclic amines) is 1. The number of imide groups is 1. The molecule has 3 heterocycles. The fraction of sp³-hybridized carbons (Fsp3) is 0.562. The summed E-state index contributed by atoms with van der Waals surface area (Å²) < 4.78 is 10.7. The van der Waals surface area contributed by atoms with E-state index in [0.29, 0.717) is 44.4 Å². The Bertz CT molecular complexity index is 680. The van der Waals surface area contributed by atoms with Gasteiger partial charge in [-0.05, 0) is 0 Å². The van der Waals surface area contributed by atoms with Crippen molar-refractivity contribution in [3.8, 4) is 11.8 Å². The lowest BCUT2D eigenvalue weighted by Gasteiger charge is -2.27. The molecule has 0 saturated carbocycles. The van der Waals surface area contributed by atoms with Gasteiger partial charge in [0, 0.05) is 51.0 Å². The largest absolute Gasteiger partial charge is 0.480 e. The first-order valence-electron chi connectivity index (χ1n) is 8.46. The average molecular weight is 363 g/mol. The standard InChI is InChI=1S/C16H21N5O5/c1-25-13-2-3-14(19-18-13)26-11-4-7-21(10-11)15(23)6-9-20-8-5-12(22)17-16(20)24/h2-3,11H,4-10H2,1H3,(H,17,22,24). The molecule has 140 valence electrons. The Morgan fingerprint density at radius 3 is 2.73 bits per heavy atom. The number of nitrogens with zero attached hydrogens (tertiary/aromatic N) is 4. The molecule has 2 aliphatic rings. The van der Waals surface area contributed by atoms with Crippen LogP contribution in [0, 0.1) is 0 Å². The van der Waals surface area contributed by atoms with Gasteiger partial charge < -0.3 is 19.3 Å². The Labute approximate surface area is 150 Å². The maximum atomic E-state index is 12.3. The molecule has 10 heteroatoms. The van der Waals surface area contributed by atoms with Crippen LogP contribution in [0.1, 0.15) is 19.3 Å². The average Bonchev–Trinajstić information content (AvgIpc) is 3.10. The number of rotatable bonds is 6. The first-order chi connectivity index (χ1) is 12.5. The predicted molar refractivity (Wildman–Crippen MR) is 88.5 cm³/mol. The lowest BCUT2D eigenvalue weighted by molar-refractivity contribution is -0.130. The van der Waals surface area contributed by atoms with Crippen LogP contribution in [-0.2, 0) is 9.59 Å². The zero-order valence-corrected chi connectivity index (χ0v) is 14.5. The van der Waals surface area contributed by atoms with E-state index in [1.165, 1.54) is 12.0 Å². The van der Waals surface area contributed by atoms with Crippen LogP contribution in [0.2, 0.25) is 0 Å². The molecule has 0 aliphatic carbocycles. The summed E-state index contributed by atoms with van der Waals surface area (Å²) in [5.74, 6) is 0.476. The van der Waals surface area contributed by atoms with Gasteiger partial charge in [0.25, 0.3) is 0 Å². The van der Waals surface area contributed by atoms with E-state index < -0.39 is 6.03 Å². The SMILES string of the molecule is COc1ccc(OC2CCN(C(=O)CCN3CCC(=O)NC3=O)C2)nn1. The summed E-state index contributed by atoms with van der Waals surface area (Å²) in [5, 5.41) is 10.0. The van der Waals surface area contributed by atoms with Crippen molar-refractivity contribution in [1.29, 1.82) is 0 Å². The number of methoxy groups -OCH3 is 1. The summed E-state index contributed by atoms with van der Waals surface area (Å²) in [6, 6.07) is 2.90. The Hall–Kier alpha value is -2.91. The van der Waals surface area contributed by atoms with Crippen LogP contribution in [0.25, 0.3) is 0 Å². The summed E-state index contributed by atoms with van der Waals surface area (Å²) in [7, 11) is 1.51. The minimum atomic E-state index is -0.435. The molecule has 1 aromatic rings. The molecule has 26 heavy (non-hydrogen) atoms. The van der Waals surface area contributed by atoms with E-state index in [2.05, 4.69) is 15.5 Å². The number of amides is 4. The van der Waals surface area contributed by atoms with Gasteiger partial charge in [-0.15, -0.1) is 10.2 Å². The summed E-state index contributed by atoms with van der Waals surface area (Å²) >= 11 is 0. The normalized spacial score (nSPS) is 20.1. The predicted octanol–water partition coefficient (Wildman–Crippen LogP) is -0.203. The molecule has 1 atom stereocenters. The molecule has 0 radical (unpaired) electrons. The summed E-state index contributed by atoms with van der Waals surface area (Å²) in [4.78, 5) is 38.3. The molecule has 4 amide bonds. The molecule has 3 rings (SSSR count). The van der Waals surface area contributed by atoms with E-state index in [-0.39, 0.29) is 30.8 Å². The van der Waals surface area contributed by atoms with E-state index in [0.717, 1.165) is 0 Å². The summed E-state index contributed by atoms with van der Waals surface area (Å²) in [6.07, 6.45) is 1.05. The number of hydrogen-bond donors (Lipinski definition) is 1. The monoisotopic (exact) mass is 363 g/mol. The van der Waals surface area contributed by atoms with Crippen molar-refractivity contribution in [1.82, 2.24) is 25.3 Å². The van der Waals surface area contributed by atoms with Crippen LogP contribution < -0.4 is 14.8 Å². The number of nitrogens with one attached hydrogen (secondary N) is 1. The third-order valence-corrected chi connectivity index (χ3v) is 4.35. The Kier molecular flexibility index (Phi) is 5.49. The van der Waals surface area contributed by atoms with Crippen molar-refractivity contribution >= 4 is 17.8 Å². The third kappa shape index (κ3) is 4.38. The van der Waals surface area contributed by atoms with Crippen molar-refractivity contribution in [2.45, 2.75) is 25.4 Å². The minimum absolute atomic E-state index is 0.0402. The molecule has 2 saturated heterocycles. The van der Waals surface area contributed by atoms with Crippen LogP contribution in [0.5, 0.6) is 11.8 Å². The summed E-state index contributed by atoms with van der Waals surface area (Å²) in [5.41, 5.74) is 0. The maximum absolute atomic E-state index is 12.3. The van der Waals surface area contributed by atoms with Crippen molar-refractivity contribution in [2.24, 2.45) is 0 Å². The first-order valence-corrected chi connectivity index (χ1v) is 8.46. The highest BCUT2D eigenvalue weighted by atomic mass is 16.5. The van der Waals surface area contributed by atoms with Gasteiger partial charge in [0.15, 0.2) is 0 Å². The van der Waals surface area contributed by atoms with E-state index in [9.17, 15) is 14.4 Å². The van der Waals surface area contributed by atoms with Crippen LogP contribution in [-0.4, -0.2) is 77.2 Å². The molecule has 0 aromatic carbocycles. The molecular formula is C16H21N5O5. The Balaban J connectivity index is 1.43. The zero-order valence-electron chi connectivity index (χ0n) is 14.5. The molecule has 1 aromatic heterocycles. The molecule has 1 N–H and O–H groups in total. The van der Waals surface area contributed by atoms with Crippen LogP contribution in [0.3, 0.4) is 0 Å². The molecule has 1 unspecified atom stereocenters. The lowest BCUT2D eigenvalue weighted by atomic mass is 10.2. The second-order valence-electron chi connectivity index (χ2n) is 6.12. The second-order valence-corrected chi connectivity index (χ2v) is 6.12. The quantitative estimate of drug-likeness (QED) is 0.744. The minimum Gasteiger partial charge on any atom is -0.480 e. The van der Waals surface area contributed by atoms with Gasteiger partial charge in [-0.2, -0.15) is 0 Å². The van der Waals surface area contributed by atoms with Gasteiger partial charge in [0.1, 0.15) is 6.10 Å². The fourth-order valence-electron chi connectivity index (χ4n) is 2.90. The van der Waals surface area contributed by atoms with Crippen molar-refractivity contribution in [3.63, 3.8) is 0 Å². The van der Waals surface area contributed by atoms with Gasteiger partial charge in [0.05, 0.1) is 13.7 Å². The highest BCUT2D eigenvalue weighted by Crippen LogP contribution is 2.18. The smallest absolute Gasteiger partial charge is 0.324 e. The number of carbonyl (C=O) groups is 3. The first kappa shape index (κ1) is 17.9. The van der Waals surface area contributed by atoms with Gasteiger partial charge >= 0.3 is 6.03 Å². The molecule has 0 spiro atoms. The third-order valence-electron chi connectivity index (χ3n) is 4.35. The van der Waals surface area contributed by atoms with Crippen LogP contribution in [0.15, 0.2) is 12.1 Å². The highest BCUT2D eigenvalue weighted by molar-refractivity contribution is 5.96. The van der Waals surface area contributed by atoms with Crippen molar-refractivity contribution in [2.75, 3.05) is 33.3 Å². The lowest BCUT2D eigenvalue weighted by Crippen LogP contribution is -2.50. The van der Waals surface area contributed by atoms with E-state index >= 15 is 0 Å². The molecule has 10 nitrogen and oxygen atoms in total. The molecule has 2 fully saturated rings. The van der Waals surface area contributed by atoms with Crippen molar-refractivity contribution < 1.29 is 23.9 Å². The van der Waals surface area contributed by atoms with Crippen molar-refractivity contribution in [3.05, 3.63) is 12.1 Å². The number of aromatic nitrogens is 2. The fourth-order valence-corrected chi connectivity index (χ4v) is 2.90. The molecular weight excluding hydrogens is 342 g/mol. The van der Waals surface area contributed by atoms with Crippen LogP contribution in [0.4, 0.5) is 4.79 Å². The highest BCUT2D eigenvalue weighted by Gasteiger charge is 2.29. The Morgan fingerprint density at radius 2 is 2.04 bits per heavy atom. The van der Waals surface area contributed by atoms with E-state index in [1.807, 2.05) is 0 Å². The number of carbonyl (C=O) groups excluding carboxylic acids is 3. The second kappa shape index (κ2) is 7.98. The van der Waals surface area contributed by atoms with Gasteiger partial charge in [0.2, 0.25) is 23.6 Å². The van der Waals surface area contributed by atoms with Gasteiger partial charge in [-0.1, -0.05) is 0 Å². The Morgan fingerprint density at radius 1 is 1.27 bits per heavy atom.